The Morgan fingerprint density at radius 2 is 2.03 bits per heavy atom. The number of nitrogens with zero attached hydrogens (tertiary/aromatic N) is 3. The van der Waals surface area contributed by atoms with Gasteiger partial charge in [0.05, 0.1) is 0 Å². The molecule has 0 bridgehead atoms. The Labute approximate surface area is 205 Å². The molecule has 0 radical (unpaired) electrons. The molecule has 9 heteroatoms. The molecule has 1 fully saturated rings. The van der Waals surface area contributed by atoms with Crippen LogP contribution >= 0.6 is 0 Å². The van der Waals surface area contributed by atoms with Gasteiger partial charge in [-0.2, -0.15) is 0 Å². The SMILES string of the molecule is C=CC(=O)N1CCN(C[C@@H](Oc2cc(C)c(C(=O)NC)nc2N)c2ccc(C)c(F)c2)CC[C@H]1C. The van der Waals surface area contributed by atoms with Crippen LogP contribution in [0.1, 0.15) is 46.6 Å². The highest BCUT2D eigenvalue weighted by molar-refractivity contribution is 5.94. The van der Waals surface area contributed by atoms with Crippen LogP contribution in [0.5, 0.6) is 5.75 Å². The van der Waals surface area contributed by atoms with Crippen LogP contribution in [-0.4, -0.2) is 65.9 Å². The van der Waals surface area contributed by atoms with Crippen molar-refractivity contribution in [3.05, 3.63) is 65.1 Å². The van der Waals surface area contributed by atoms with Gasteiger partial charge < -0.3 is 20.7 Å². The van der Waals surface area contributed by atoms with Gasteiger partial charge in [0.1, 0.15) is 17.6 Å². The zero-order valence-electron chi connectivity index (χ0n) is 20.8. The summed E-state index contributed by atoms with van der Waals surface area (Å²) in [5.74, 6) is -0.332. The van der Waals surface area contributed by atoms with Gasteiger partial charge in [-0.15, -0.1) is 0 Å². The van der Waals surface area contributed by atoms with Crippen LogP contribution in [0.2, 0.25) is 0 Å². The van der Waals surface area contributed by atoms with Gasteiger partial charge in [0.25, 0.3) is 5.91 Å². The van der Waals surface area contributed by atoms with Crippen molar-refractivity contribution in [2.24, 2.45) is 0 Å². The fraction of sp³-hybridized carbons (Fsp3) is 0.423. The lowest BCUT2D eigenvalue weighted by Crippen LogP contribution is -2.39. The van der Waals surface area contributed by atoms with Gasteiger partial charge in [-0.1, -0.05) is 18.7 Å². The van der Waals surface area contributed by atoms with Crippen molar-refractivity contribution in [1.29, 1.82) is 0 Å². The van der Waals surface area contributed by atoms with E-state index >= 15 is 0 Å². The number of amides is 2. The van der Waals surface area contributed by atoms with E-state index in [4.69, 9.17) is 10.5 Å². The third-order valence-electron chi connectivity index (χ3n) is 6.42. The molecule has 8 nitrogen and oxygen atoms in total. The lowest BCUT2D eigenvalue weighted by atomic mass is 10.1. The molecule has 3 N–H and O–H groups in total. The molecule has 0 unspecified atom stereocenters. The normalized spacial score (nSPS) is 17.4. The molecule has 35 heavy (non-hydrogen) atoms. The van der Waals surface area contributed by atoms with Crippen LogP contribution in [0.15, 0.2) is 36.9 Å². The van der Waals surface area contributed by atoms with Gasteiger partial charge in [-0.05, 0) is 62.1 Å². The first-order chi connectivity index (χ1) is 16.6. The minimum absolute atomic E-state index is 0.0824. The number of halogens is 1. The van der Waals surface area contributed by atoms with E-state index < -0.39 is 6.10 Å². The quantitative estimate of drug-likeness (QED) is 0.587. The number of carbonyl (C=O) groups is 2. The number of aryl methyl sites for hydroxylation is 2. The minimum atomic E-state index is -0.545. The zero-order valence-corrected chi connectivity index (χ0v) is 20.8. The van der Waals surface area contributed by atoms with E-state index in [1.165, 1.54) is 19.2 Å². The molecule has 188 valence electrons. The Morgan fingerprint density at radius 3 is 2.69 bits per heavy atom. The van der Waals surface area contributed by atoms with Gasteiger partial charge in [0.2, 0.25) is 5.91 Å². The molecule has 0 spiro atoms. The van der Waals surface area contributed by atoms with E-state index in [1.54, 1.807) is 26.0 Å². The molecule has 1 aromatic heterocycles. The molecule has 1 aliphatic heterocycles. The molecule has 2 atom stereocenters. The highest BCUT2D eigenvalue weighted by Gasteiger charge is 2.27. The maximum atomic E-state index is 14.5. The Balaban J connectivity index is 1.89. The summed E-state index contributed by atoms with van der Waals surface area (Å²) in [6, 6.07) is 6.80. The standard InChI is InChI=1S/C26H34FN5O3/c1-6-23(33)32-12-11-31(10-9-18(32)4)15-22(19-8-7-16(2)20(27)14-19)35-21-13-17(3)24(26(34)29-5)30-25(21)28/h6-8,13-14,18,22H,1,9-12,15H2,2-5H3,(H2,28,30)(H,29,34)/t18-,22-/m1/s1. The summed E-state index contributed by atoms with van der Waals surface area (Å²) in [4.78, 5) is 32.6. The number of rotatable bonds is 7. The first-order valence-electron chi connectivity index (χ1n) is 11.7. The van der Waals surface area contributed by atoms with Crippen LogP contribution < -0.4 is 15.8 Å². The summed E-state index contributed by atoms with van der Waals surface area (Å²) in [5, 5.41) is 2.55. The summed E-state index contributed by atoms with van der Waals surface area (Å²) >= 11 is 0. The van der Waals surface area contributed by atoms with Crippen LogP contribution in [0, 0.1) is 19.7 Å². The van der Waals surface area contributed by atoms with Crippen LogP contribution in [0.3, 0.4) is 0 Å². The molecular formula is C26H34FN5O3. The van der Waals surface area contributed by atoms with Gasteiger partial charge in [0.15, 0.2) is 11.6 Å². The summed E-state index contributed by atoms with van der Waals surface area (Å²) in [7, 11) is 1.53. The maximum absolute atomic E-state index is 14.5. The number of benzene rings is 1. The first-order valence-corrected chi connectivity index (χ1v) is 11.7. The topological polar surface area (TPSA) is 101 Å². The molecule has 2 heterocycles. The lowest BCUT2D eigenvalue weighted by molar-refractivity contribution is -0.127. The first kappa shape index (κ1) is 26.2. The van der Waals surface area contributed by atoms with Gasteiger partial charge in [0, 0.05) is 39.3 Å². The molecule has 1 saturated heterocycles. The number of nitrogen functional groups attached to an aromatic ring is 1. The molecule has 1 aromatic carbocycles. The number of nitrogens with two attached hydrogens (primary N) is 1. The Hall–Kier alpha value is -3.46. The van der Waals surface area contributed by atoms with Crippen molar-refractivity contribution in [2.45, 2.75) is 39.3 Å². The molecule has 1 aliphatic rings. The Bertz CT molecular complexity index is 1110. The largest absolute Gasteiger partial charge is 0.481 e. The second kappa shape index (κ2) is 11.3. The van der Waals surface area contributed by atoms with E-state index in [1.807, 2.05) is 17.9 Å². The number of aromatic nitrogens is 1. The highest BCUT2D eigenvalue weighted by atomic mass is 19.1. The average molecular weight is 484 g/mol. The zero-order chi connectivity index (χ0) is 25.7. The highest BCUT2D eigenvalue weighted by Crippen LogP contribution is 2.30. The van der Waals surface area contributed by atoms with Crippen molar-refractivity contribution in [1.82, 2.24) is 20.1 Å². The summed E-state index contributed by atoms with van der Waals surface area (Å²) in [6.45, 7) is 11.5. The smallest absolute Gasteiger partial charge is 0.269 e. The summed E-state index contributed by atoms with van der Waals surface area (Å²) in [5.41, 5.74) is 8.20. The number of nitrogens with one attached hydrogen (secondary N) is 1. The Morgan fingerprint density at radius 1 is 1.29 bits per heavy atom. The van der Waals surface area contributed by atoms with Crippen molar-refractivity contribution >= 4 is 17.6 Å². The predicted octanol–water partition coefficient (Wildman–Crippen LogP) is 3.01. The maximum Gasteiger partial charge on any atom is 0.269 e. The molecular weight excluding hydrogens is 449 g/mol. The monoisotopic (exact) mass is 483 g/mol. The van der Waals surface area contributed by atoms with Gasteiger partial charge in [-0.25, -0.2) is 9.37 Å². The number of anilines is 1. The summed E-state index contributed by atoms with van der Waals surface area (Å²) < 4.78 is 20.8. The number of ether oxygens (including phenoxy) is 1. The molecule has 3 rings (SSSR count). The van der Waals surface area contributed by atoms with Crippen LogP contribution in [0.4, 0.5) is 10.2 Å². The minimum Gasteiger partial charge on any atom is -0.481 e. The molecule has 0 aliphatic carbocycles. The third-order valence-corrected chi connectivity index (χ3v) is 6.42. The van der Waals surface area contributed by atoms with Crippen LogP contribution in [-0.2, 0) is 4.79 Å². The number of carbonyl (C=O) groups excluding carboxylic acids is 2. The second-order valence-electron chi connectivity index (χ2n) is 8.91. The number of hydrogen-bond acceptors (Lipinski definition) is 6. The van der Waals surface area contributed by atoms with Crippen molar-refractivity contribution in [3.8, 4) is 5.75 Å². The fourth-order valence-corrected chi connectivity index (χ4v) is 4.19. The summed E-state index contributed by atoms with van der Waals surface area (Å²) in [6.07, 6.45) is 1.59. The molecule has 2 aromatic rings. The number of hydrogen-bond donors (Lipinski definition) is 2. The van der Waals surface area contributed by atoms with E-state index in [-0.39, 0.29) is 35.2 Å². The van der Waals surface area contributed by atoms with Gasteiger partial charge >= 0.3 is 0 Å². The second-order valence-corrected chi connectivity index (χ2v) is 8.91. The average Bonchev–Trinajstić information content (AvgIpc) is 3.02. The third kappa shape index (κ3) is 6.16. The van der Waals surface area contributed by atoms with Crippen molar-refractivity contribution in [3.63, 3.8) is 0 Å². The lowest BCUT2D eigenvalue weighted by Gasteiger charge is -2.28. The number of pyridine rings is 1. The molecule has 0 saturated carbocycles. The van der Waals surface area contributed by atoms with E-state index in [0.29, 0.717) is 42.1 Å². The van der Waals surface area contributed by atoms with Gasteiger partial charge in [-0.3, -0.25) is 14.5 Å². The van der Waals surface area contributed by atoms with E-state index in [0.717, 1.165) is 13.0 Å². The predicted molar refractivity (Wildman–Crippen MR) is 134 cm³/mol. The fourth-order valence-electron chi connectivity index (χ4n) is 4.19. The molecule has 2 amide bonds. The van der Waals surface area contributed by atoms with E-state index in [9.17, 15) is 14.0 Å². The Kier molecular flexibility index (Phi) is 8.45. The van der Waals surface area contributed by atoms with Crippen LogP contribution in [0.25, 0.3) is 0 Å². The van der Waals surface area contributed by atoms with Crippen molar-refractivity contribution < 1.29 is 18.7 Å². The van der Waals surface area contributed by atoms with E-state index in [2.05, 4.69) is 21.8 Å². The van der Waals surface area contributed by atoms with Crippen molar-refractivity contribution in [2.75, 3.05) is 39.0 Å².